The number of hydrogen-bond acceptors (Lipinski definition) is 4. The van der Waals surface area contributed by atoms with Crippen LogP contribution in [0, 0.1) is 5.92 Å². The molecule has 1 aliphatic carbocycles. The monoisotopic (exact) mass is 399 g/mol. The maximum absolute atomic E-state index is 12.8. The van der Waals surface area contributed by atoms with Crippen molar-refractivity contribution in [3.8, 4) is 5.75 Å². The molecule has 1 atom stereocenters. The van der Waals surface area contributed by atoms with Crippen LogP contribution in [0.4, 0.5) is 0 Å². The van der Waals surface area contributed by atoms with Crippen molar-refractivity contribution in [2.24, 2.45) is 5.92 Å². The number of rotatable bonds is 5. The molecule has 2 heterocycles. The number of piperazine rings is 1. The van der Waals surface area contributed by atoms with Crippen molar-refractivity contribution < 1.29 is 19.1 Å². The minimum Gasteiger partial charge on any atom is -0.490 e. The van der Waals surface area contributed by atoms with Crippen molar-refractivity contribution in [1.29, 1.82) is 0 Å². The largest absolute Gasteiger partial charge is 0.490 e. The molecule has 4 rings (SSSR count). The van der Waals surface area contributed by atoms with Crippen LogP contribution < -0.4 is 10.1 Å². The fraction of sp³-hybridized carbons (Fsp3) is 0.591. The number of likely N-dealkylation sites (tertiary alicyclic amines) is 1. The molecule has 0 aromatic heterocycles. The molecular formula is C22H29N3O4. The molecular weight excluding hydrogens is 370 g/mol. The van der Waals surface area contributed by atoms with Gasteiger partial charge in [-0.05, 0) is 43.5 Å². The van der Waals surface area contributed by atoms with Gasteiger partial charge in [0.2, 0.25) is 11.8 Å². The minimum absolute atomic E-state index is 0.0847. The number of carbonyl (C=O) groups is 3. The van der Waals surface area contributed by atoms with Gasteiger partial charge < -0.3 is 19.9 Å². The molecule has 156 valence electrons. The Hall–Kier alpha value is -2.57. The van der Waals surface area contributed by atoms with Crippen molar-refractivity contribution in [3.05, 3.63) is 29.8 Å². The molecule has 29 heavy (non-hydrogen) atoms. The number of nitrogens with zero attached hydrogens (tertiary/aromatic N) is 2. The summed E-state index contributed by atoms with van der Waals surface area (Å²) in [5.41, 5.74) is 0.565. The summed E-state index contributed by atoms with van der Waals surface area (Å²) in [5.74, 6) is 1.11. The van der Waals surface area contributed by atoms with Crippen LogP contribution in [-0.4, -0.2) is 65.8 Å². The van der Waals surface area contributed by atoms with Gasteiger partial charge in [-0.3, -0.25) is 14.4 Å². The Morgan fingerprint density at radius 2 is 1.76 bits per heavy atom. The first-order chi connectivity index (χ1) is 14.1. The number of amides is 3. The van der Waals surface area contributed by atoms with Gasteiger partial charge in [-0.15, -0.1) is 0 Å². The minimum atomic E-state index is -0.407. The summed E-state index contributed by atoms with van der Waals surface area (Å²) in [4.78, 5) is 40.6. The van der Waals surface area contributed by atoms with Crippen molar-refractivity contribution in [2.45, 2.75) is 51.2 Å². The highest BCUT2D eigenvalue weighted by Crippen LogP contribution is 2.32. The number of hydrogen-bond donors (Lipinski definition) is 1. The van der Waals surface area contributed by atoms with E-state index in [1.165, 1.54) is 0 Å². The molecule has 0 spiro atoms. The van der Waals surface area contributed by atoms with E-state index in [0.29, 0.717) is 31.0 Å². The number of ether oxygens (including phenoxy) is 1. The van der Waals surface area contributed by atoms with Crippen LogP contribution in [0.3, 0.4) is 0 Å². The van der Waals surface area contributed by atoms with Crippen LogP contribution in [0.1, 0.15) is 49.4 Å². The molecule has 7 nitrogen and oxygen atoms in total. The van der Waals surface area contributed by atoms with Crippen LogP contribution in [0.5, 0.6) is 5.75 Å². The van der Waals surface area contributed by atoms with Crippen LogP contribution in [-0.2, 0) is 9.59 Å². The Kier molecular flexibility index (Phi) is 5.74. The summed E-state index contributed by atoms with van der Waals surface area (Å²) in [6, 6.07) is 6.77. The summed E-state index contributed by atoms with van der Waals surface area (Å²) < 4.78 is 6.07. The van der Waals surface area contributed by atoms with E-state index in [0.717, 1.165) is 44.5 Å². The summed E-state index contributed by atoms with van der Waals surface area (Å²) >= 11 is 0. The zero-order valence-electron chi connectivity index (χ0n) is 16.9. The molecule has 0 bridgehead atoms. The lowest BCUT2D eigenvalue weighted by Gasteiger charge is -2.34. The van der Waals surface area contributed by atoms with Crippen molar-refractivity contribution >= 4 is 17.7 Å². The second kappa shape index (κ2) is 8.43. The van der Waals surface area contributed by atoms with E-state index >= 15 is 0 Å². The van der Waals surface area contributed by atoms with Gasteiger partial charge in [0.25, 0.3) is 5.91 Å². The third-order valence-electron chi connectivity index (χ3n) is 6.06. The Labute approximate surface area is 171 Å². The number of benzene rings is 1. The van der Waals surface area contributed by atoms with Gasteiger partial charge in [-0.2, -0.15) is 0 Å². The predicted octanol–water partition coefficient (Wildman–Crippen LogP) is 1.82. The Morgan fingerprint density at radius 1 is 1.07 bits per heavy atom. The summed E-state index contributed by atoms with van der Waals surface area (Å²) in [7, 11) is 0. The standard InChI is InChI=1S/C22H29N3O4/c1-2-19-20(26)23-11-14-25(19)22(28)16-5-7-17(8-6-16)29-18-9-12-24(13-10-18)21(27)15-3-4-15/h5-8,15,18-19H,2-4,9-14H2,1H3,(H,23,26)/t19-/m1/s1. The molecule has 3 aliphatic rings. The van der Waals surface area contributed by atoms with Gasteiger partial charge >= 0.3 is 0 Å². The smallest absolute Gasteiger partial charge is 0.254 e. The first kappa shape index (κ1) is 19.7. The van der Waals surface area contributed by atoms with E-state index in [4.69, 9.17) is 4.74 Å². The lowest BCUT2D eigenvalue weighted by Crippen LogP contribution is -2.56. The fourth-order valence-corrected chi connectivity index (χ4v) is 4.18. The third-order valence-corrected chi connectivity index (χ3v) is 6.06. The van der Waals surface area contributed by atoms with Crippen LogP contribution >= 0.6 is 0 Å². The summed E-state index contributed by atoms with van der Waals surface area (Å²) in [6.07, 6.45) is 4.44. The van der Waals surface area contributed by atoms with E-state index in [9.17, 15) is 14.4 Å². The average molecular weight is 399 g/mol. The maximum atomic E-state index is 12.8. The van der Waals surface area contributed by atoms with Crippen molar-refractivity contribution in [1.82, 2.24) is 15.1 Å². The fourth-order valence-electron chi connectivity index (χ4n) is 4.18. The van der Waals surface area contributed by atoms with Crippen LogP contribution in [0.2, 0.25) is 0 Å². The van der Waals surface area contributed by atoms with Gasteiger partial charge in [0.05, 0.1) is 0 Å². The first-order valence-electron chi connectivity index (χ1n) is 10.7. The van der Waals surface area contributed by atoms with E-state index < -0.39 is 6.04 Å². The number of piperidine rings is 1. The Bertz CT molecular complexity index is 767. The number of carbonyl (C=O) groups excluding carboxylic acids is 3. The molecule has 3 fully saturated rings. The van der Waals surface area contributed by atoms with E-state index in [1.807, 2.05) is 24.0 Å². The lowest BCUT2D eigenvalue weighted by atomic mass is 10.1. The average Bonchev–Trinajstić information content (AvgIpc) is 3.59. The third kappa shape index (κ3) is 4.38. The topological polar surface area (TPSA) is 79.0 Å². The van der Waals surface area contributed by atoms with Gasteiger partial charge in [0.15, 0.2) is 0 Å². The quantitative estimate of drug-likeness (QED) is 0.819. The van der Waals surface area contributed by atoms with E-state index in [1.54, 1.807) is 17.0 Å². The molecule has 1 saturated carbocycles. The molecule has 0 radical (unpaired) electrons. The van der Waals surface area contributed by atoms with Crippen molar-refractivity contribution in [2.75, 3.05) is 26.2 Å². The SMILES string of the molecule is CC[C@@H]1C(=O)NCCN1C(=O)c1ccc(OC2CCN(C(=O)C3CC3)CC2)cc1. The first-order valence-corrected chi connectivity index (χ1v) is 10.7. The second-order valence-corrected chi connectivity index (χ2v) is 8.15. The molecule has 1 aromatic carbocycles. The Balaban J connectivity index is 1.31. The summed E-state index contributed by atoms with van der Waals surface area (Å²) in [5, 5.41) is 2.82. The van der Waals surface area contributed by atoms with Crippen molar-refractivity contribution in [3.63, 3.8) is 0 Å². The molecule has 1 N–H and O–H groups in total. The number of nitrogens with one attached hydrogen (secondary N) is 1. The highest BCUT2D eigenvalue weighted by Gasteiger charge is 2.35. The van der Waals surface area contributed by atoms with Crippen LogP contribution in [0.25, 0.3) is 0 Å². The van der Waals surface area contributed by atoms with E-state index in [-0.39, 0.29) is 23.8 Å². The van der Waals surface area contributed by atoms with Gasteiger partial charge in [0, 0.05) is 50.5 Å². The molecule has 7 heteroatoms. The van der Waals surface area contributed by atoms with Gasteiger partial charge in [-0.1, -0.05) is 6.92 Å². The molecule has 3 amide bonds. The molecule has 2 saturated heterocycles. The lowest BCUT2D eigenvalue weighted by molar-refractivity contribution is -0.134. The second-order valence-electron chi connectivity index (χ2n) is 8.15. The maximum Gasteiger partial charge on any atom is 0.254 e. The molecule has 0 unspecified atom stereocenters. The molecule has 1 aromatic rings. The zero-order valence-corrected chi connectivity index (χ0v) is 16.9. The van der Waals surface area contributed by atoms with Crippen LogP contribution in [0.15, 0.2) is 24.3 Å². The summed E-state index contributed by atoms with van der Waals surface area (Å²) in [6.45, 7) is 4.44. The Morgan fingerprint density at radius 3 is 2.38 bits per heavy atom. The molecule has 2 aliphatic heterocycles. The predicted molar refractivity (Wildman–Crippen MR) is 108 cm³/mol. The zero-order chi connectivity index (χ0) is 20.4. The van der Waals surface area contributed by atoms with Gasteiger partial charge in [-0.25, -0.2) is 0 Å². The van der Waals surface area contributed by atoms with Gasteiger partial charge in [0.1, 0.15) is 17.9 Å². The van der Waals surface area contributed by atoms with E-state index in [2.05, 4.69) is 5.32 Å². The highest BCUT2D eigenvalue weighted by molar-refractivity contribution is 5.98. The normalized spacial score (nSPS) is 22.9. The highest BCUT2D eigenvalue weighted by atomic mass is 16.5.